The average molecular weight is 412 g/mol. The molecule has 0 N–H and O–H groups in total. The van der Waals surface area contributed by atoms with E-state index in [-0.39, 0.29) is 11.9 Å². The largest absolute Gasteiger partial charge is 0.369 e. The highest BCUT2D eigenvalue weighted by Gasteiger charge is 2.53. The Balaban J connectivity index is 1.52. The lowest BCUT2D eigenvalue weighted by molar-refractivity contribution is -0.542. The standard InChI is InChI=1S/C22H31N6O2/c1-16(2)14-28-18(23-20-19(28)21(29)25(4)22(30)24(20)3)15-26-10-12-27(13-11-26)17-8-6-5-7-9-17/h5-9,16,19H,10-15H2,1-4H3/q+1. The van der Waals surface area contributed by atoms with Gasteiger partial charge in [0.15, 0.2) is 0 Å². The maximum absolute atomic E-state index is 12.9. The Morgan fingerprint density at radius 2 is 1.70 bits per heavy atom. The minimum absolute atomic E-state index is 0.193. The van der Waals surface area contributed by atoms with E-state index in [0.717, 1.165) is 38.6 Å². The van der Waals surface area contributed by atoms with Crippen LogP contribution < -0.4 is 4.90 Å². The van der Waals surface area contributed by atoms with Crippen molar-refractivity contribution in [2.24, 2.45) is 10.9 Å². The summed E-state index contributed by atoms with van der Waals surface area (Å²) in [7, 11) is 3.25. The number of imide groups is 1. The van der Waals surface area contributed by atoms with Crippen LogP contribution in [0.15, 0.2) is 35.3 Å². The molecule has 0 aliphatic carbocycles. The normalized spacial score (nSPS) is 22.9. The third-order valence-electron chi connectivity index (χ3n) is 6.03. The van der Waals surface area contributed by atoms with Gasteiger partial charge in [-0.1, -0.05) is 32.0 Å². The van der Waals surface area contributed by atoms with E-state index in [1.165, 1.54) is 15.5 Å². The summed E-state index contributed by atoms with van der Waals surface area (Å²) in [6.45, 7) is 9.49. The smallest absolute Gasteiger partial charge is 0.333 e. The summed E-state index contributed by atoms with van der Waals surface area (Å²) in [6, 6.07) is 9.67. The number of fused-ring (bicyclic) bond motifs is 1. The first kappa shape index (κ1) is 20.5. The number of piperazine rings is 1. The number of urea groups is 1. The first-order chi connectivity index (χ1) is 14.4. The summed E-state index contributed by atoms with van der Waals surface area (Å²) < 4.78 is 2.10. The minimum atomic E-state index is -0.499. The Bertz CT molecular complexity index is 886. The fourth-order valence-electron chi connectivity index (χ4n) is 4.38. The van der Waals surface area contributed by atoms with Crippen LogP contribution in [-0.4, -0.2) is 102 Å². The minimum Gasteiger partial charge on any atom is -0.369 e. The van der Waals surface area contributed by atoms with Gasteiger partial charge >= 0.3 is 11.9 Å². The van der Waals surface area contributed by atoms with E-state index < -0.39 is 6.04 Å². The predicted octanol–water partition coefficient (Wildman–Crippen LogP) is 1.18. The second-order valence-corrected chi connectivity index (χ2v) is 8.67. The lowest BCUT2D eigenvalue weighted by Crippen LogP contribution is -2.61. The second-order valence-electron chi connectivity index (χ2n) is 8.67. The number of hydrogen-bond donors (Lipinski definition) is 0. The van der Waals surface area contributed by atoms with Gasteiger partial charge in [0, 0.05) is 46.0 Å². The predicted molar refractivity (Wildman–Crippen MR) is 117 cm³/mol. The van der Waals surface area contributed by atoms with E-state index in [0.29, 0.717) is 18.3 Å². The Morgan fingerprint density at radius 1 is 1.03 bits per heavy atom. The molecule has 2 fully saturated rings. The highest BCUT2D eigenvalue weighted by Crippen LogP contribution is 2.21. The van der Waals surface area contributed by atoms with E-state index in [2.05, 4.69) is 52.5 Å². The topological polar surface area (TPSA) is 62.5 Å². The number of benzene rings is 1. The average Bonchev–Trinajstić information content (AvgIpc) is 3.09. The number of amides is 3. The monoisotopic (exact) mass is 411 g/mol. The van der Waals surface area contributed by atoms with Gasteiger partial charge < -0.3 is 4.90 Å². The third kappa shape index (κ3) is 3.71. The molecule has 3 aliphatic heterocycles. The highest BCUT2D eigenvalue weighted by atomic mass is 16.2. The van der Waals surface area contributed by atoms with Gasteiger partial charge in [0.1, 0.15) is 6.54 Å². The Kier molecular flexibility index (Phi) is 5.60. The number of aliphatic imine (C=N–C) groups is 1. The van der Waals surface area contributed by atoms with E-state index in [1.807, 2.05) is 6.07 Å². The molecule has 3 heterocycles. The summed E-state index contributed by atoms with van der Waals surface area (Å²) in [5.74, 6) is 1.63. The first-order valence-corrected chi connectivity index (χ1v) is 10.7. The molecule has 1 atom stereocenters. The van der Waals surface area contributed by atoms with Crippen LogP contribution in [0.3, 0.4) is 0 Å². The van der Waals surface area contributed by atoms with Gasteiger partial charge in [-0.15, -0.1) is 0 Å². The number of carbonyl (C=O) groups excluding carboxylic acids is 2. The molecule has 0 bridgehead atoms. The van der Waals surface area contributed by atoms with Gasteiger partial charge in [-0.25, -0.2) is 9.37 Å². The number of rotatable bonds is 5. The van der Waals surface area contributed by atoms with Crippen molar-refractivity contribution >= 4 is 29.3 Å². The van der Waals surface area contributed by atoms with E-state index >= 15 is 0 Å². The lowest BCUT2D eigenvalue weighted by Gasteiger charge is -2.35. The van der Waals surface area contributed by atoms with Crippen molar-refractivity contribution in [3.8, 4) is 0 Å². The van der Waals surface area contributed by atoms with E-state index in [4.69, 9.17) is 4.99 Å². The van der Waals surface area contributed by atoms with Crippen molar-refractivity contribution in [2.45, 2.75) is 19.9 Å². The summed E-state index contributed by atoms with van der Waals surface area (Å²) in [6.07, 6.45) is 0. The Hall–Kier alpha value is -2.74. The number of nitrogens with zero attached hydrogens (tertiary/aromatic N) is 6. The molecule has 0 saturated carbocycles. The van der Waals surface area contributed by atoms with Crippen molar-refractivity contribution < 1.29 is 14.2 Å². The number of amidine groups is 2. The van der Waals surface area contributed by atoms with Crippen molar-refractivity contribution in [3.63, 3.8) is 0 Å². The van der Waals surface area contributed by atoms with Crippen molar-refractivity contribution in [2.75, 3.05) is 58.3 Å². The SMILES string of the molecule is CC(C)C[N+]1=C(CN2CCN(c3ccccc3)CC2)N=C2C1C(=O)N(C)C(=O)N2C. The molecule has 0 radical (unpaired) electrons. The van der Waals surface area contributed by atoms with Crippen molar-refractivity contribution in [3.05, 3.63) is 30.3 Å². The fourth-order valence-corrected chi connectivity index (χ4v) is 4.38. The molecule has 30 heavy (non-hydrogen) atoms. The molecule has 1 aromatic carbocycles. The van der Waals surface area contributed by atoms with E-state index in [1.54, 1.807) is 14.1 Å². The zero-order valence-electron chi connectivity index (χ0n) is 18.3. The number of carbonyl (C=O) groups is 2. The molecule has 3 aliphatic rings. The molecule has 160 valence electrons. The van der Waals surface area contributed by atoms with Gasteiger partial charge in [-0.3, -0.25) is 19.5 Å². The number of anilines is 1. The van der Waals surface area contributed by atoms with Crippen LogP contribution in [0.25, 0.3) is 0 Å². The second kappa shape index (κ2) is 8.18. The summed E-state index contributed by atoms with van der Waals surface area (Å²) in [4.78, 5) is 37.6. The molecule has 0 aromatic heterocycles. The Labute approximate surface area is 178 Å². The molecule has 2 saturated heterocycles. The molecule has 4 rings (SSSR count). The highest BCUT2D eigenvalue weighted by molar-refractivity contribution is 6.23. The maximum Gasteiger partial charge on any atom is 0.333 e. The van der Waals surface area contributed by atoms with Crippen LogP contribution in [0.2, 0.25) is 0 Å². The van der Waals surface area contributed by atoms with Gasteiger partial charge in [-0.05, 0) is 23.0 Å². The molecule has 1 aromatic rings. The van der Waals surface area contributed by atoms with Crippen molar-refractivity contribution in [1.29, 1.82) is 0 Å². The summed E-state index contributed by atoms with van der Waals surface area (Å²) >= 11 is 0. The molecule has 3 amide bonds. The molecule has 8 heteroatoms. The summed E-state index contributed by atoms with van der Waals surface area (Å²) in [5.41, 5.74) is 1.26. The van der Waals surface area contributed by atoms with Crippen LogP contribution in [0.4, 0.5) is 10.5 Å². The van der Waals surface area contributed by atoms with Gasteiger partial charge in [0.05, 0.1) is 6.54 Å². The number of hydrogen-bond acceptors (Lipinski definition) is 5. The zero-order valence-corrected chi connectivity index (χ0v) is 18.3. The third-order valence-corrected chi connectivity index (χ3v) is 6.03. The van der Waals surface area contributed by atoms with Crippen LogP contribution in [0, 0.1) is 5.92 Å². The quantitative estimate of drug-likeness (QED) is 0.683. The van der Waals surface area contributed by atoms with Gasteiger partial charge in [-0.2, -0.15) is 0 Å². The van der Waals surface area contributed by atoms with Gasteiger partial charge in [0.25, 0.3) is 17.8 Å². The Morgan fingerprint density at radius 3 is 2.33 bits per heavy atom. The molecular weight excluding hydrogens is 380 g/mol. The van der Waals surface area contributed by atoms with Crippen LogP contribution in [0.1, 0.15) is 13.8 Å². The van der Waals surface area contributed by atoms with Gasteiger partial charge in [0.2, 0.25) is 0 Å². The van der Waals surface area contributed by atoms with Crippen LogP contribution in [0.5, 0.6) is 0 Å². The fraction of sp³-hybridized carbons (Fsp3) is 0.545. The lowest BCUT2D eigenvalue weighted by atomic mass is 10.1. The first-order valence-electron chi connectivity index (χ1n) is 10.7. The van der Waals surface area contributed by atoms with Crippen LogP contribution in [-0.2, 0) is 4.79 Å². The van der Waals surface area contributed by atoms with Crippen molar-refractivity contribution in [1.82, 2.24) is 14.7 Å². The van der Waals surface area contributed by atoms with E-state index in [9.17, 15) is 9.59 Å². The van der Waals surface area contributed by atoms with Crippen LogP contribution >= 0.6 is 0 Å². The summed E-state index contributed by atoms with van der Waals surface area (Å²) in [5, 5.41) is 0. The zero-order chi connectivity index (χ0) is 21.4. The maximum atomic E-state index is 12.9. The number of para-hydroxylation sites is 1. The number of likely N-dealkylation sites (N-methyl/N-ethyl adjacent to an activating group) is 2. The molecule has 1 unspecified atom stereocenters. The molecule has 8 nitrogen and oxygen atoms in total. The molecule has 0 spiro atoms. The molecular formula is C22H31N6O2+.